The lowest BCUT2D eigenvalue weighted by molar-refractivity contribution is 0.243. The molecule has 2 aromatic heterocycles. The molecular weight excluding hydrogens is 524 g/mol. The van der Waals surface area contributed by atoms with Crippen molar-refractivity contribution in [2.75, 3.05) is 24.1 Å². The molecule has 9 nitrogen and oxygen atoms in total. The first-order chi connectivity index (χ1) is 18.0. The van der Waals surface area contributed by atoms with Gasteiger partial charge in [0, 0.05) is 11.8 Å². The fourth-order valence-corrected chi connectivity index (χ4v) is 5.88. The highest BCUT2D eigenvalue weighted by molar-refractivity contribution is 7.92. The predicted octanol–water partition coefficient (Wildman–Crippen LogP) is 5.26. The molecule has 0 saturated carbocycles. The molecule has 0 spiro atoms. The molecule has 1 saturated heterocycles. The van der Waals surface area contributed by atoms with Crippen LogP contribution in [-0.2, 0) is 9.84 Å². The van der Waals surface area contributed by atoms with Gasteiger partial charge in [-0.05, 0) is 102 Å². The smallest absolute Gasteiger partial charge is 0.229 e. The average molecular weight is 559 g/mol. The molecule has 0 atom stereocenters. The molecule has 4 rings (SSSR count). The number of aryl methyl sites for hydroxylation is 1. The number of nitrogens with zero attached hydrogens (tertiary/aromatic N) is 3. The number of nitrogens with two attached hydrogens (primary N) is 1. The van der Waals surface area contributed by atoms with Gasteiger partial charge in [0.1, 0.15) is 16.6 Å². The summed E-state index contributed by atoms with van der Waals surface area (Å²) in [6.45, 7) is 11.2. The second-order valence-electron chi connectivity index (χ2n) is 10.1. The Bertz CT molecular complexity index is 1420. The Kier molecular flexibility index (Phi) is 8.44. The molecule has 0 aliphatic carbocycles. The van der Waals surface area contributed by atoms with Crippen molar-refractivity contribution in [3.8, 4) is 17.0 Å². The summed E-state index contributed by atoms with van der Waals surface area (Å²) in [7, 11) is -3.71. The van der Waals surface area contributed by atoms with E-state index in [0.29, 0.717) is 17.4 Å². The lowest BCUT2D eigenvalue weighted by atomic mass is 9.87. The van der Waals surface area contributed by atoms with Crippen LogP contribution in [-0.4, -0.2) is 47.8 Å². The van der Waals surface area contributed by atoms with Gasteiger partial charge in [0.05, 0.1) is 22.7 Å². The summed E-state index contributed by atoms with van der Waals surface area (Å²) < 4.78 is 32.2. The van der Waals surface area contributed by atoms with Crippen molar-refractivity contribution in [3.63, 3.8) is 0 Å². The Labute approximate surface area is 229 Å². The van der Waals surface area contributed by atoms with Crippen molar-refractivity contribution < 1.29 is 13.2 Å². The fraction of sp³-hybridized carbons (Fsp3) is 0.444. The van der Waals surface area contributed by atoms with E-state index in [-0.39, 0.29) is 39.2 Å². The minimum Gasteiger partial charge on any atom is -0.489 e. The molecule has 4 N–H and O–H groups in total. The summed E-state index contributed by atoms with van der Waals surface area (Å²) in [5, 5.41) is 5.93. The van der Waals surface area contributed by atoms with Gasteiger partial charge in [0.25, 0.3) is 0 Å². The topological polar surface area (TPSA) is 132 Å². The predicted molar refractivity (Wildman–Crippen MR) is 152 cm³/mol. The van der Waals surface area contributed by atoms with E-state index in [0.717, 1.165) is 31.5 Å². The summed E-state index contributed by atoms with van der Waals surface area (Å²) in [4.78, 5) is 13.1. The van der Waals surface area contributed by atoms with E-state index in [1.807, 2.05) is 19.9 Å². The van der Waals surface area contributed by atoms with Crippen LogP contribution in [0, 0.1) is 6.92 Å². The van der Waals surface area contributed by atoms with Crippen LogP contribution < -0.4 is 21.1 Å². The molecule has 3 aromatic rings. The molecule has 204 valence electrons. The SMILES string of the molecule is Cc1cc(Nc2nc(N)c(Cl)c(-c3cccnc3S(=O)(=O)C(C)C)n2)c(OC(C)C)cc1C1CCNCC1. The summed E-state index contributed by atoms with van der Waals surface area (Å²) in [5.74, 6) is 1.33. The highest BCUT2D eigenvalue weighted by Crippen LogP contribution is 2.39. The van der Waals surface area contributed by atoms with Crippen LogP contribution in [0.3, 0.4) is 0 Å². The summed E-state index contributed by atoms with van der Waals surface area (Å²) >= 11 is 6.51. The van der Waals surface area contributed by atoms with Crippen LogP contribution in [0.5, 0.6) is 5.75 Å². The first-order valence-electron chi connectivity index (χ1n) is 12.8. The maximum atomic E-state index is 13.0. The second-order valence-corrected chi connectivity index (χ2v) is 12.9. The van der Waals surface area contributed by atoms with Gasteiger partial charge >= 0.3 is 0 Å². The van der Waals surface area contributed by atoms with Crippen molar-refractivity contribution in [2.24, 2.45) is 0 Å². The summed E-state index contributed by atoms with van der Waals surface area (Å²) in [6.07, 6.45) is 3.52. The van der Waals surface area contributed by atoms with Gasteiger partial charge in [-0.1, -0.05) is 11.6 Å². The first-order valence-corrected chi connectivity index (χ1v) is 14.7. The molecule has 0 amide bonds. The van der Waals surface area contributed by atoms with E-state index in [9.17, 15) is 8.42 Å². The number of benzene rings is 1. The number of pyridine rings is 1. The number of nitrogens with one attached hydrogen (secondary N) is 2. The molecule has 1 aromatic carbocycles. The van der Waals surface area contributed by atoms with Gasteiger partial charge in [0.15, 0.2) is 14.9 Å². The fourth-order valence-electron chi connectivity index (χ4n) is 4.57. The minimum atomic E-state index is -3.71. The molecule has 38 heavy (non-hydrogen) atoms. The Morgan fingerprint density at radius 1 is 1.16 bits per heavy atom. The number of halogens is 1. The molecule has 1 fully saturated rings. The number of nitrogen functional groups attached to an aromatic ring is 1. The van der Waals surface area contributed by atoms with Gasteiger partial charge in [-0.15, -0.1) is 0 Å². The number of aromatic nitrogens is 3. The molecular formula is C27H35ClN6O3S. The van der Waals surface area contributed by atoms with E-state index in [1.165, 1.54) is 11.8 Å². The Balaban J connectivity index is 1.79. The molecule has 3 heterocycles. The van der Waals surface area contributed by atoms with Crippen LogP contribution in [0.1, 0.15) is 57.6 Å². The van der Waals surface area contributed by atoms with Crippen LogP contribution >= 0.6 is 11.6 Å². The van der Waals surface area contributed by atoms with Gasteiger partial charge in [-0.3, -0.25) is 0 Å². The lowest BCUT2D eigenvalue weighted by Crippen LogP contribution is -2.27. The molecule has 1 aliphatic heterocycles. The van der Waals surface area contributed by atoms with Crippen molar-refractivity contribution in [2.45, 2.75) is 69.8 Å². The van der Waals surface area contributed by atoms with Crippen LogP contribution in [0.4, 0.5) is 17.5 Å². The minimum absolute atomic E-state index is 0.0188. The zero-order valence-corrected chi connectivity index (χ0v) is 23.9. The summed E-state index contributed by atoms with van der Waals surface area (Å²) in [5.41, 5.74) is 9.70. The third-order valence-electron chi connectivity index (χ3n) is 6.55. The maximum absolute atomic E-state index is 13.0. The number of rotatable bonds is 8. The normalized spacial score (nSPS) is 14.7. The standard InChI is InChI=1S/C27H35ClN6O3S/c1-15(2)37-22-14-20(18-8-11-30-12-9-18)17(5)13-21(22)32-27-33-24(23(28)25(29)34-27)19-7-6-10-31-26(19)38(35,36)16(3)4/h6-7,10,13-16,18,30H,8-9,11-12H2,1-5H3,(H3,29,32,33,34). The van der Waals surface area contributed by atoms with Crippen LogP contribution in [0.25, 0.3) is 11.3 Å². The quantitative estimate of drug-likeness (QED) is 0.338. The zero-order valence-electron chi connectivity index (χ0n) is 22.4. The first kappa shape index (κ1) is 28.1. The van der Waals surface area contributed by atoms with E-state index in [1.54, 1.807) is 26.0 Å². The number of hydrogen-bond donors (Lipinski definition) is 3. The number of sulfone groups is 1. The Hall–Kier alpha value is -2.95. The van der Waals surface area contributed by atoms with Crippen molar-refractivity contribution >= 4 is 38.9 Å². The highest BCUT2D eigenvalue weighted by Gasteiger charge is 2.27. The third kappa shape index (κ3) is 5.87. The average Bonchev–Trinajstić information content (AvgIpc) is 2.87. The molecule has 0 radical (unpaired) electrons. The van der Waals surface area contributed by atoms with Gasteiger partial charge in [-0.2, -0.15) is 4.98 Å². The van der Waals surface area contributed by atoms with Gasteiger partial charge in [0.2, 0.25) is 5.95 Å². The molecule has 0 bridgehead atoms. The van der Waals surface area contributed by atoms with Crippen LogP contribution in [0.2, 0.25) is 5.02 Å². The Morgan fingerprint density at radius 3 is 2.53 bits per heavy atom. The van der Waals surface area contributed by atoms with Gasteiger partial charge in [-0.25, -0.2) is 18.4 Å². The lowest BCUT2D eigenvalue weighted by Gasteiger charge is -2.26. The molecule has 11 heteroatoms. The number of anilines is 3. The van der Waals surface area contributed by atoms with E-state index >= 15 is 0 Å². The zero-order chi connectivity index (χ0) is 27.6. The van der Waals surface area contributed by atoms with Crippen molar-refractivity contribution in [1.29, 1.82) is 0 Å². The molecule has 0 unspecified atom stereocenters. The maximum Gasteiger partial charge on any atom is 0.229 e. The third-order valence-corrected chi connectivity index (χ3v) is 9.03. The number of piperidine rings is 1. The monoisotopic (exact) mass is 558 g/mol. The van der Waals surface area contributed by atoms with E-state index in [4.69, 9.17) is 22.1 Å². The summed E-state index contributed by atoms with van der Waals surface area (Å²) in [6, 6.07) is 7.38. The second kappa shape index (κ2) is 11.4. The van der Waals surface area contributed by atoms with Crippen LogP contribution in [0.15, 0.2) is 35.5 Å². The van der Waals surface area contributed by atoms with E-state index in [2.05, 4.69) is 38.6 Å². The number of ether oxygens (including phenoxy) is 1. The largest absolute Gasteiger partial charge is 0.489 e. The highest BCUT2D eigenvalue weighted by atomic mass is 35.5. The van der Waals surface area contributed by atoms with Crippen molar-refractivity contribution in [1.82, 2.24) is 20.3 Å². The Morgan fingerprint density at radius 2 is 1.87 bits per heavy atom. The van der Waals surface area contributed by atoms with Crippen molar-refractivity contribution in [3.05, 3.63) is 46.6 Å². The van der Waals surface area contributed by atoms with E-state index < -0.39 is 15.1 Å². The molecule has 1 aliphatic rings. The van der Waals surface area contributed by atoms with Gasteiger partial charge < -0.3 is 21.1 Å². The number of hydrogen-bond acceptors (Lipinski definition) is 9.